The number of aromatic amines is 1. The van der Waals surface area contributed by atoms with E-state index in [9.17, 15) is 13.2 Å². The molecule has 222 valence electrons. The van der Waals surface area contributed by atoms with Gasteiger partial charge >= 0.3 is 0 Å². The van der Waals surface area contributed by atoms with Gasteiger partial charge < -0.3 is 24.5 Å². The molecule has 0 aliphatic heterocycles. The lowest BCUT2D eigenvalue weighted by Crippen LogP contribution is -2.40. The molecule has 0 aliphatic rings. The van der Waals surface area contributed by atoms with Gasteiger partial charge in [0, 0.05) is 26.7 Å². The molecule has 3 aromatic rings. The molecule has 0 bridgehead atoms. The van der Waals surface area contributed by atoms with Crippen LogP contribution in [-0.2, 0) is 28.2 Å². The van der Waals surface area contributed by atoms with E-state index in [0.717, 1.165) is 19.5 Å². The first-order chi connectivity index (χ1) is 19.2. The van der Waals surface area contributed by atoms with Gasteiger partial charge in [-0.2, -0.15) is 9.40 Å². The summed E-state index contributed by atoms with van der Waals surface area (Å²) >= 11 is 0. The van der Waals surface area contributed by atoms with Gasteiger partial charge in [-0.25, -0.2) is 13.4 Å². The third-order valence-electron chi connectivity index (χ3n) is 6.67. The lowest BCUT2D eigenvalue weighted by molar-refractivity contribution is 0.0844. The third-order valence-corrected chi connectivity index (χ3v) is 8.57. The SMILES string of the molecule is CCCc1nn(C)c2c(=O)[nH]c(-c3cc(S(=O)(=O)N(CCOCCO)CCN(CC)CC)ccc3OCC)nc12. The molecule has 2 aromatic heterocycles. The van der Waals surface area contributed by atoms with E-state index in [0.29, 0.717) is 47.6 Å². The fourth-order valence-corrected chi connectivity index (χ4v) is 5.98. The summed E-state index contributed by atoms with van der Waals surface area (Å²) in [4.78, 5) is 22.8. The van der Waals surface area contributed by atoms with Gasteiger partial charge in [0.1, 0.15) is 17.1 Å². The minimum absolute atomic E-state index is 0.0513. The van der Waals surface area contributed by atoms with Crippen molar-refractivity contribution in [3.63, 3.8) is 0 Å². The van der Waals surface area contributed by atoms with Gasteiger partial charge in [-0.05, 0) is 44.6 Å². The summed E-state index contributed by atoms with van der Waals surface area (Å²) < 4.78 is 41.9. The first-order valence-corrected chi connectivity index (χ1v) is 15.3. The first kappa shape index (κ1) is 31.7. The molecule has 3 rings (SSSR count). The molecule has 13 heteroatoms. The molecule has 0 radical (unpaired) electrons. The van der Waals surface area contributed by atoms with Crippen LogP contribution in [0.5, 0.6) is 5.75 Å². The number of hydrogen-bond acceptors (Lipinski definition) is 9. The van der Waals surface area contributed by atoms with Crippen molar-refractivity contribution in [2.24, 2.45) is 7.05 Å². The highest BCUT2D eigenvalue weighted by Gasteiger charge is 2.27. The number of aliphatic hydroxyl groups excluding tert-OH is 1. The van der Waals surface area contributed by atoms with E-state index in [2.05, 4.69) is 15.0 Å². The number of nitrogens with zero attached hydrogens (tertiary/aromatic N) is 5. The number of hydrogen-bond donors (Lipinski definition) is 2. The topological polar surface area (TPSA) is 143 Å². The Balaban J connectivity index is 2.09. The van der Waals surface area contributed by atoms with Gasteiger partial charge in [-0.15, -0.1) is 0 Å². The molecule has 1 aromatic carbocycles. The fourth-order valence-electron chi connectivity index (χ4n) is 4.54. The first-order valence-electron chi connectivity index (χ1n) is 13.9. The summed E-state index contributed by atoms with van der Waals surface area (Å²) in [5.74, 6) is 0.621. The number of aryl methyl sites for hydroxylation is 2. The number of benzene rings is 1. The van der Waals surface area contributed by atoms with Crippen LogP contribution in [0.25, 0.3) is 22.4 Å². The van der Waals surface area contributed by atoms with Gasteiger partial charge in [0.05, 0.1) is 42.6 Å². The molecule has 0 spiro atoms. The molecular formula is C27H42N6O6S. The number of fused-ring (bicyclic) bond motifs is 1. The largest absolute Gasteiger partial charge is 0.493 e. The predicted octanol–water partition coefficient (Wildman–Crippen LogP) is 2.02. The number of likely N-dealkylation sites (N-methyl/N-ethyl adjacent to an activating group) is 1. The maximum absolute atomic E-state index is 13.9. The molecule has 0 unspecified atom stereocenters. The lowest BCUT2D eigenvalue weighted by Gasteiger charge is -2.26. The van der Waals surface area contributed by atoms with Crippen LogP contribution in [0.4, 0.5) is 0 Å². The highest BCUT2D eigenvalue weighted by atomic mass is 32.2. The van der Waals surface area contributed by atoms with Crippen LogP contribution in [0.1, 0.15) is 39.8 Å². The molecule has 0 saturated heterocycles. The fraction of sp³-hybridized carbons (Fsp3) is 0.593. The zero-order chi connectivity index (χ0) is 29.3. The Hall–Kier alpha value is -2.84. The van der Waals surface area contributed by atoms with Crippen molar-refractivity contribution >= 4 is 21.1 Å². The molecule has 2 N–H and O–H groups in total. The van der Waals surface area contributed by atoms with E-state index in [-0.39, 0.29) is 49.2 Å². The van der Waals surface area contributed by atoms with Crippen LogP contribution in [0, 0.1) is 0 Å². The molecule has 0 aliphatic carbocycles. The predicted molar refractivity (Wildman–Crippen MR) is 154 cm³/mol. The smallest absolute Gasteiger partial charge is 0.277 e. The summed E-state index contributed by atoms with van der Waals surface area (Å²) in [5.41, 5.74) is 1.56. The zero-order valence-corrected chi connectivity index (χ0v) is 25.0. The molecular weight excluding hydrogens is 536 g/mol. The molecule has 0 atom stereocenters. The third kappa shape index (κ3) is 7.26. The minimum Gasteiger partial charge on any atom is -0.493 e. The monoisotopic (exact) mass is 578 g/mol. The second kappa shape index (κ2) is 14.7. The second-order valence-corrected chi connectivity index (χ2v) is 11.2. The average Bonchev–Trinajstić information content (AvgIpc) is 3.25. The van der Waals surface area contributed by atoms with Gasteiger partial charge in [-0.1, -0.05) is 27.2 Å². The number of nitrogens with one attached hydrogen (secondary N) is 1. The quantitative estimate of drug-likeness (QED) is 0.230. The van der Waals surface area contributed by atoms with Crippen LogP contribution in [0.3, 0.4) is 0 Å². The van der Waals surface area contributed by atoms with Crippen molar-refractivity contribution in [2.45, 2.75) is 45.4 Å². The number of ether oxygens (including phenoxy) is 2. The van der Waals surface area contributed by atoms with Crippen LogP contribution in [0.15, 0.2) is 27.9 Å². The van der Waals surface area contributed by atoms with Gasteiger partial charge in [0.15, 0.2) is 5.52 Å². The van der Waals surface area contributed by atoms with E-state index < -0.39 is 10.0 Å². The molecule has 0 saturated carbocycles. The summed E-state index contributed by atoms with van der Waals surface area (Å²) in [6.07, 6.45) is 1.49. The normalized spacial score (nSPS) is 12.2. The van der Waals surface area contributed by atoms with Crippen LogP contribution in [0.2, 0.25) is 0 Å². The Morgan fingerprint density at radius 3 is 2.48 bits per heavy atom. The maximum atomic E-state index is 13.9. The van der Waals surface area contributed by atoms with E-state index in [1.807, 2.05) is 27.7 Å². The van der Waals surface area contributed by atoms with Gasteiger partial charge in [0.25, 0.3) is 5.56 Å². The van der Waals surface area contributed by atoms with Crippen molar-refractivity contribution in [2.75, 3.05) is 59.2 Å². The summed E-state index contributed by atoms with van der Waals surface area (Å²) in [7, 11) is -2.25. The Bertz CT molecular complexity index is 1420. The van der Waals surface area contributed by atoms with Crippen molar-refractivity contribution in [1.82, 2.24) is 29.0 Å². The zero-order valence-electron chi connectivity index (χ0n) is 24.1. The van der Waals surface area contributed by atoms with Gasteiger partial charge in [0.2, 0.25) is 10.0 Å². The Morgan fingerprint density at radius 2 is 1.82 bits per heavy atom. The standard InChI is InChI=1S/C27H42N6O6S/c1-6-10-22-24-25(31(5)30-22)27(35)29-26(28-24)21-19-20(11-12-23(21)39-9-4)40(36,37)33(15-17-38-18-16-34)14-13-32(7-2)8-3/h11-12,19,34H,6-10,13-18H2,1-5H3,(H,28,29,35). The van der Waals surface area contributed by atoms with Crippen LogP contribution < -0.4 is 10.3 Å². The number of sulfonamides is 1. The van der Waals surface area contributed by atoms with E-state index in [1.54, 1.807) is 13.1 Å². The van der Waals surface area contributed by atoms with Crippen LogP contribution in [-0.4, -0.2) is 102 Å². The molecule has 40 heavy (non-hydrogen) atoms. The van der Waals surface area contributed by atoms with E-state index in [1.165, 1.54) is 21.1 Å². The average molecular weight is 579 g/mol. The Morgan fingerprint density at radius 1 is 1.07 bits per heavy atom. The highest BCUT2D eigenvalue weighted by molar-refractivity contribution is 7.89. The highest BCUT2D eigenvalue weighted by Crippen LogP contribution is 2.32. The minimum atomic E-state index is -3.96. The molecule has 2 heterocycles. The Labute approximate surface area is 236 Å². The second-order valence-electron chi connectivity index (χ2n) is 9.29. The molecule has 12 nitrogen and oxygen atoms in total. The van der Waals surface area contributed by atoms with Crippen LogP contribution >= 0.6 is 0 Å². The molecule has 0 fully saturated rings. The number of H-pyrrole nitrogens is 1. The van der Waals surface area contributed by atoms with Crippen molar-refractivity contribution < 1.29 is 23.0 Å². The number of rotatable bonds is 17. The Kier molecular flexibility index (Phi) is 11.6. The molecule has 0 amide bonds. The van der Waals surface area contributed by atoms with E-state index >= 15 is 0 Å². The van der Waals surface area contributed by atoms with Crippen molar-refractivity contribution in [3.8, 4) is 17.1 Å². The van der Waals surface area contributed by atoms with Crippen molar-refractivity contribution in [1.29, 1.82) is 0 Å². The lowest BCUT2D eigenvalue weighted by atomic mass is 10.1. The summed E-state index contributed by atoms with van der Waals surface area (Å²) in [6.45, 7) is 11.0. The number of aliphatic hydroxyl groups is 1. The summed E-state index contributed by atoms with van der Waals surface area (Å²) in [5, 5.41) is 13.5. The van der Waals surface area contributed by atoms with E-state index in [4.69, 9.17) is 19.6 Å². The maximum Gasteiger partial charge on any atom is 0.277 e. The summed E-state index contributed by atoms with van der Waals surface area (Å²) in [6, 6.07) is 4.60. The van der Waals surface area contributed by atoms with Crippen molar-refractivity contribution in [3.05, 3.63) is 34.2 Å². The van der Waals surface area contributed by atoms with Gasteiger partial charge in [-0.3, -0.25) is 9.48 Å². The number of aromatic nitrogens is 4.